The Morgan fingerprint density at radius 3 is 2.25 bits per heavy atom. The van der Waals surface area contributed by atoms with E-state index >= 15 is 0 Å². The molecule has 0 aliphatic rings. The highest BCUT2D eigenvalue weighted by Gasteiger charge is 2.07. The Labute approximate surface area is 135 Å². The molecule has 0 saturated carbocycles. The molecule has 2 aromatic carbocycles. The van der Waals surface area contributed by atoms with Crippen LogP contribution in [-0.4, -0.2) is 6.03 Å². The van der Waals surface area contributed by atoms with Gasteiger partial charge in [-0.15, -0.1) is 0 Å². The van der Waals surface area contributed by atoms with Gasteiger partial charge in [0.2, 0.25) is 0 Å². The first-order valence-electron chi connectivity index (χ1n) is 5.79. The van der Waals surface area contributed by atoms with Crippen molar-refractivity contribution in [2.24, 2.45) is 0 Å². The van der Waals surface area contributed by atoms with Crippen LogP contribution in [0.15, 0.2) is 46.9 Å². The summed E-state index contributed by atoms with van der Waals surface area (Å²) in [6.07, 6.45) is 0. The lowest BCUT2D eigenvalue weighted by atomic mass is 10.2. The molecular formula is C14H11BrCl2N2O. The van der Waals surface area contributed by atoms with Crippen LogP contribution in [0, 0.1) is 0 Å². The number of rotatable bonds is 3. The Morgan fingerprint density at radius 2 is 1.65 bits per heavy atom. The molecule has 0 unspecified atom stereocenters. The van der Waals surface area contributed by atoms with Crippen LogP contribution < -0.4 is 10.6 Å². The topological polar surface area (TPSA) is 41.1 Å². The van der Waals surface area contributed by atoms with Crippen molar-refractivity contribution in [1.82, 2.24) is 5.32 Å². The molecule has 0 spiro atoms. The molecule has 104 valence electrons. The maximum Gasteiger partial charge on any atom is 0.319 e. The maximum absolute atomic E-state index is 11.8. The third kappa shape index (κ3) is 4.13. The number of nitrogens with one attached hydrogen (secondary N) is 2. The molecule has 0 saturated heterocycles. The van der Waals surface area contributed by atoms with Gasteiger partial charge in [-0.3, -0.25) is 0 Å². The average Bonchev–Trinajstić information content (AvgIpc) is 2.41. The second-order valence-electron chi connectivity index (χ2n) is 4.01. The van der Waals surface area contributed by atoms with Gasteiger partial charge in [0.1, 0.15) is 0 Å². The molecule has 20 heavy (non-hydrogen) atoms. The summed E-state index contributed by atoms with van der Waals surface area (Å²) in [5.41, 5.74) is 1.40. The third-order valence-electron chi connectivity index (χ3n) is 2.59. The predicted octanol–water partition coefficient (Wildman–Crippen LogP) is 5.08. The van der Waals surface area contributed by atoms with Gasteiger partial charge in [-0.25, -0.2) is 4.79 Å². The minimum absolute atomic E-state index is 0.265. The maximum atomic E-state index is 11.8. The first-order valence-corrected chi connectivity index (χ1v) is 7.34. The molecule has 0 atom stereocenters. The van der Waals surface area contributed by atoms with Crippen LogP contribution in [0.3, 0.4) is 0 Å². The molecule has 0 heterocycles. The van der Waals surface area contributed by atoms with Gasteiger partial charge in [-0.05, 0) is 36.4 Å². The summed E-state index contributed by atoms with van der Waals surface area (Å²) in [6.45, 7) is 0.265. The van der Waals surface area contributed by atoms with Crippen LogP contribution in [-0.2, 0) is 6.54 Å². The number of carbonyl (C=O) groups is 1. The number of urea groups is 1. The van der Waals surface area contributed by atoms with Crippen molar-refractivity contribution < 1.29 is 4.79 Å². The van der Waals surface area contributed by atoms with Gasteiger partial charge in [0.05, 0.1) is 0 Å². The number of hydrogen-bond donors (Lipinski definition) is 2. The molecule has 2 rings (SSSR count). The Kier molecular flexibility index (Phi) is 5.29. The zero-order chi connectivity index (χ0) is 14.5. The van der Waals surface area contributed by atoms with Crippen molar-refractivity contribution in [3.63, 3.8) is 0 Å². The monoisotopic (exact) mass is 372 g/mol. The summed E-state index contributed by atoms with van der Waals surface area (Å²) in [6, 6.07) is 12.2. The molecule has 2 aromatic rings. The van der Waals surface area contributed by atoms with Gasteiger partial charge in [0.25, 0.3) is 0 Å². The highest BCUT2D eigenvalue weighted by molar-refractivity contribution is 9.10. The summed E-state index contributed by atoms with van der Waals surface area (Å²) in [5.74, 6) is 0. The Hall–Kier alpha value is -1.23. The summed E-state index contributed by atoms with van der Waals surface area (Å²) >= 11 is 15.4. The van der Waals surface area contributed by atoms with Crippen LogP contribution >= 0.6 is 39.1 Å². The summed E-state index contributed by atoms with van der Waals surface area (Å²) in [4.78, 5) is 11.8. The second kappa shape index (κ2) is 6.97. The summed E-state index contributed by atoms with van der Waals surface area (Å²) in [7, 11) is 0. The van der Waals surface area contributed by atoms with Crippen molar-refractivity contribution in [2.75, 3.05) is 5.32 Å². The molecule has 0 fully saturated rings. The smallest absolute Gasteiger partial charge is 0.319 e. The van der Waals surface area contributed by atoms with Crippen LogP contribution in [0.2, 0.25) is 10.0 Å². The lowest BCUT2D eigenvalue weighted by Crippen LogP contribution is -2.28. The SMILES string of the molecule is O=C(NCc1c(Cl)cccc1Cl)Nc1ccc(Br)cc1. The van der Waals surface area contributed by atoms with E-state index in [0.29, 0.717) is 21.3 Å². The van der Waals surface area contributed by atoms with Crippen LogP contribution in [0.25, 0.3) is 0 Å². The average molecular weight is 374 g/mol. The lowest BCUT2D eigenvalue weighted by Gasteiger charge is -2.10. The van der Waals surface area contributed by atoms with E-state index in [-0.39, 0.29) is 12.6 Å². The van der Waals surface area contributed by atoms with E-state index < -0.39 is 0 Å². The number of carbonyl (C=O) groups excluding carboxylic acids is 1. The van der Waals surface area contributed by atoms with Gasteiger partial charge in [-0.1, -0.05) is 45.2 Å². The first-order chi connectivity index (χ1) is 9.56. The molecule has 0 aliphatic carbocycles. The standard InChI is InChI=1S/C14H11BrCl2N2O/c15-9-4-6-10(7-5-9)19-14(20)18-8-11-12(16)2-1-3-13(11)17/h1-7H,8H2,(H2,18,19,20). The molecule has 0 aliphatic heterocycles. The predicted molar refractivity (Wildman–Crippen MR) is 86.5 cm³/mol. The zero-order valence-electron chi connectivity index (χ0n) is 10.3. The molecule has 2 amide bonds. The number of amides is 2. The van der Waals surface area contributed by atoms with Crippen molar-refractivity contribution in [1.29, 1.82) is 0 Å². The summed E-state index contributed by atoms with van der Waals surface area (Å²) in [5, 5.41) is 6.49. The lowest BCUT2D eigenvalue weighted by molar-refractivity contribution is 0.252. The fourth-order valence-corrected chi connectivity index (χ4v) is 2.37. The number of benzene rings is 2. The van der Waals surface area contributed by atoms with Crippen LogP contribution in [0.1, 0.15) is 5.56 Å². The fraction of sp³-hybridized carbons (Fsp3) is 0.0714. The third-order valence-corrected chi connectivity index (χ3v) is 3.83. The number of halogens is 3. The summed E-state index contributed by atoms with van der Waals surface area (Å²) < 4.78 is 0.950. The fourth-order valence-electron chi connectivity index (χ4n) is 1.58. The molecule has 0 radical (unpaired) electrons. The molecule has 3 nitrogen and oxygen atoms in total. The largest absolute Gasteiger partial charge is 0.334 e. The van der Waals surface area contributed by atoms with E-state index in [1.165, 1.54) is 0 Å². The molecular weight excluding hydrogens is 363 g/mol. The number of anilines is 1. The van der Waals surface area contributed by atoms with Crippen molar-refractivity contribution in [2.45, 2.75) is 6.54 Å². The highest BCUT2D eigenvalue weighted by Crippen LogP contribution is 2.23. The van der Waals surface area contributed by atoms with Crippen molar-refractivity contribution in [3.8, 4) is 0 Å². The van der Waals surface area contributed by atoms with Gasteiger partial charge in [0, 0.05) is 32.3 Å². The van der Waals surface area contributed by atoms with Gasteiger partial charge in [0.15, 0.2) is 0 Å². The second-order valence-corrected chi connectivity index (χ2v) is 5.74. The van der Waals surface area contributed by atoms with E-state index in [2.05, 4.69) is 26.6 Å². The minimum atomic E-state index is -0.316. The zero-order valence-corrected chi connectivity index (χ0v) is 13.4. The van der Waals surface area contributed by atoms with Crippen LogP contribution in [0.4, 0.5) is 10.5 Å². The Morgan fingerprint density at radius 1 is 1.05 bits per heavy atom. The van der Waals surface area contributed by atoms with Crippen molar-refractivity contribution in [3.05, 3.63) is 62.5 Å². The molecule has 0 aromatic heterocycles. The highest BCUT2D eigenvalue weighted by atomic mass is 79.9. The van der Waals surface area contributed by atoms with Gasteiger partial charge in [-0.2, -0.15) is 0 Å². The van der Waals surface area contributed by atoms with E-state index in [1.54, 1.807) is 30.3 Å². The Bertz CT molecular complexity index is 597. The van der Waals surface area contributed by atoms with E-state index in [4.69, 9.17) is 23.2 Å². The molecule has 0 bridgehead atoms. The van der Waals surface area contributed by atoms with E-state index in [0.717, 1.165) is 4.47 Å². The quantitative estimate of drug-likeness (QED) is 0.773. The minimum Gasteiger partial charge on any atom is -0.334 e. The molecule has 6 heteroatoms. The van der Waals surface area contributed by atoms with Crippen LogP contribution in [0.5, 0.6) is 0 Å². The number of hydrogen-bond acceptors (Lipinski definition) is 1. The van der Waals surface area contributed by atoms with Gasteiger partial charge >= 0.3 is 6.03 Å². The van der Waals surface area contributed by atoms with Crippen molar-refractivity contribution >= 4 is 50.9 Å². The molecule has 2 N–H and O–H groups in total. The van der Waals surface area contributed by atoms with E-state index in [1.807, 2.05) is 12.1 Å². The van der Waals surface area contributed by atoms with Gasteiger partial charge < -0.3 is 10.6 Å². The Balaban J connectivity index is 1.94. The first kappa shape index (κ1) is 15.2. The van der Waals surface area contributed by atoms with E-state index in [9.17, 15) is 4.79 Å². The normalized spacial score (nSPS) is 10.2.